The van der Waals surface area contributed by atoms with Crippen molar-refractivity contribution in [2.45, 2.75) is 44.8 Å². The third kappa shape index (κ3) is 8.01. The zero-order valence-corrected chi connectivity index (χ0v) is 20.4. The summed E-state index contributed by atoms with van der Waals surface area (Å²) in [6, 6.07) is 25.0. The summed E-state index contributed by atoms with van der Waals surface area (Å²) in [5, 5.41) is 23.3. The van der Waals surface area contributed by atoms with Gasteiger partial charge < -0.3 is 20.4 Å². The zero-order chi connectivity index (χ0) is 24.6. The first-order valence-electron chi connectivity index (χ1n) is 11.8. The van der Waals surface area contributed by atoms with Crippen molar-refractivity contribution in [2.24, 2.45) is 0 Å². The minimum absolute atomic E-state index is 0.113. The number of hydrogen-bond donors (Lipinski definition) is 3. The molecule has 3 N–H and O–H groups in total. The molecule has 0 saturated heterocycles. The van der Waals surface area contributed by atoms with Gasteiger partial charge in [0, 0.05) is 25.7 Å². The van der Waals surface area contributed by atoms with Crippen LogP contribution in [0.1, 0.15) is 42.2 Å². The number of hydrogen-bond acceptors (Lipinski definition) is 4. The van der Waals surface area contributed by atoms with Gasteiger partial charge in [0.15, 0.2) is 0 Å². The Morgan fingerprint density at radius 1 is 0.941 bits per heavy atom. The van der Waals surface area contributed by atoms with Crippen LogP contribution in [0.3, 0.4) is 0 Å². The van der Waals surface area contributed by atoms with E-state index in [1.54, 1.807) is 29.2 Å². The van der Waals surface area contributed by atoms with Gasteiger partial charge in [-0.1, -0.05) is 66.7 Å². The summed E-state index contributed by atoms with van der Waals surface area (Å²) in [6.07, 6.45) is 1.34. The lowest BCUT2D eigenvalue weighted by molar-refractivity contribution is -0.129. The standard InChI is InChI=1S/C29H36N2O3/c1-29(2,30-21-27(33)25-12-14-26(32)15-13-25)20-24-11-7-10-23(18-24)19-28(34)31(3)17-16-22-8-5-4-6-9-22/h4-15,18,27,30,32-33H,16-17,19-21H2,1-3H3. The minimum atomic E-state index is -0.657. The second-order valence-electron chi connectivity index (χ2n) is 9.60. The summed E-state index contributed by atoms with van der Waals surface area (Å²) in [4.78, 5) is 14.5. The molecule has 0 fully saturated rings. The van der Waals surface area contributed by atoms with Gasteiger partial charge in [-0.05, 0) is 61.1 Å². The fraction of sp³-hybridized carbons (Fsp3) is 0.345. The molecule has 1 unspecified atom stereocenters. The largest absolute Gasteiger partial charge is 0.508 e. The Balaban J connectivity index is 1.51. The van der Waals surface area contributed by atoms with Gasteiger partial charge in [-0.3, -0.25) is 4.79 Å². The quantitative estimate of drug-likeness (QED) is 0.399. The van der Waals surface area contributed by atoms with E-state index in [9.17, 15) is 15.0 Å². The molecule has 34 heavy (non-hydrogen) atoms. The number of likely N-dealkylation sites (N-methyl/N-ethyl adjacent to an activating group) is 1. The maximum Gasteiger partial charge on any atom is 0.226 e. The molecule has 0 heterocycles. The number of rotatable bonds is 11. The normalized spacial score (nSPS) is 12.4. The monoisotopic (exact) mass is 460 g/mol. The minimum Gasteiger partial charge on any atom is -0.508 e. The Bertz CT molecular complexity index is 1050. The number of nitrogens with zero attached hydrogens (tertiary/aromatic N) is 1. The van der Waals surface area contributed by atoms with Crippen LogP contribution in [0.25, 0.3) is 0 Å². The maximum atomic E-state index is 12.7. The summed E-state index contributed by atoms with van der Waals surface area (Å²) in [5.41, 5.74) is 3.91. The molecule has 1 atom stereocenters. The molecule has 0 aromatic heterocycles. The van der Waals surface area contributed by atoms with E-state index in [-0.39, 0.29) is 17.2 Å². The van der Waals surface area contributed by atoms with Crippen LogP contribution in [-0.4, -0.2) is 46.7 Å². The van der Waals surface area contributed by atoms with E-state index in [0.717, 1.165) is 29.5 Å². The molecule has 1 amide bonds. The smallest absolute Gasteiger partial charge is 0.226 e. The maximum absolute atomic E-state index is 12.7. The highest BCUT2D eigenvalue weighted by Gasteiger charge is 2.20. The molecule has 5 heteroatoms. The molecular weight excluding hydrogens is 424 g/mol. The SMILES string of the molecule is CN(CCc1ccccc1)C(=O)Cc1cccc(CC(C)(C)NCC(O)c2ccc(O)cc2)c1. The lowest BCUT2D eigenvalue weighted by atomic mass is 9.93. The molecular formula is C29H36N2O3. The van der Waals surface area contributed by atoms with Crippen LogP contribution >= 0.6 is 0 Å². The Morgan fingerprint density at radius 2 is 1.59 bits per heavy atom. The molecule has 0 saturated carbocycles. The van der Waals surface area contributed by atoms with Crippen LogP contribution in [0.4, 0.5) is 0 Å². The van der Waals surface area contributed by atoms with Crippen molar-refractivity contribution in [1.82, 2.24) is 10.2 Å². The topological polar surface area (TPSA) is 72.8 Å². The lowest BCUT2D eigenvalue weighted by Gasteiger charge is -2.28. The molecule has 0 aliphatic rings. The number of β-amino-alcohol motifs (C(OH)–C–C–N with tert-alkyl or cyclic N) is 1. The van der Waals surface area contributed by atoms with Crippen molar-refractivity contribution >= 4 is 5.91 Å². The Hall–Kier alpha value is -3.15. The number of phenolic OH excluding ortho intramolecular Hbond substituents is 1. The number of aromatic hydroxyl groups is 1. The molecule has 5 nitrogen and oxygen atoms in total. The van der Waals surface area contributed by atoms with Gasteiger partial charge in [0.2, 0.25) is 5.91 Å². The number of amides is 1. The van der Waals surface area contributed by atoms with Crippen LogP contribution in [-0.2, 0) is 24.1 Å². The third-order valence-electron chi connectivity index (χ3n) is 6.05. The van der Waals surface area contributed by atoms with Gasteiger partial charge in [0.05, 0.1) is 12.5 Å². The Morgan fingerprint density at radius 3 is 2.29 bits per heavy atom. The van der Waals surface area contributed by atoms with Crippen LogP contribution in [0.15, 0.2) is 78.9 Å². The lowest BCUT2D eigenvalue weighted by Crippen LogP contribution is -2.43. The van der Waals surface area contributed by atoms with Crippen molar-refractivity contribution in [3.63, 3.8) is 0 Å². The summed E-state index contributed by atoms with van der Waals surface area (Å²) in [7, 11) is 1.86. The second-order valence-corrected chi connectivity index (χ2v) is 9.60. The van der Waals surface area contributed by atoms with Crippen molar-refractivity contribution in [3.8, 4) is 5.75 Å². The molecule has 0 radical (unpaired) electrons. The number of benzene rings is 3. The van der Waals surface area contributed by atoms with E-state index >= 15 is 0 Å². The number of aliphatic hydroxyl groups excluding tert-OH is 1. The predicted octanol–water partition coefficient (Wildman–Crippen LogP) is 4.28. The van der Waals surface area contributed by atoms with Crippen LogP contribution in [0, 0.1) is 0 Å². The average molecular weight is 461 g/mol. The van der Waals surface area contributed by atoms with Gasteiger partial charge in [0.1, 0.15) is 5.75 Å². The number of carbonyl (C=O) groups is 1. The predicted molar refractivity (Wildman–Crippen MR) is 137 cm³/mol. The molecule has 0 aliphatic heterocycles. The fourth-order valence-electron chi connectivity index (χ4n) is 3.99. The molecule has 0 aliphatic carbocycles. The van der Waals surface area contributed by atoms with Gasteiger partial charge in [-0.25, -0.2) is 0 Å². The van der Waals surface area contributed by atoms with E-state index in [1.807, 2.05) is 37.4 Å². The van der Waals surface area contributed by atoms with Crippen molar-refractivity contribution in [2.75, 3.05) is 20.1 Å². The van der Waals surface area contributed by atoms with E-state index < -0.39 is 6.10 Å². The average Bonchev–Trinajstić information content (AvgIpc) is 2.82. The Kier molecular flexibility index (Phi) is 8.85. The molecule has 3 aromatic carbocycles. The van der Waals surface area contributed by atoms with E-state index in [2.05, 4.69) is 43.4 Å². The highest BCUT2D eigenvalue weighted by Crippen LogP contribution is 2.19. The number of phenols is 1. The van der Waals surface area contributed by atoms with Crippen LogP contribution in [0.2, 0.25) is 0 Å². The van der Waals surface area contributed by atoms with Gasteiger partial charge >= 0.3 is 0 Å². The van der Waals surface area contributed by atoms with E-state index in [0.29, 0.717) is 19.5 Å². The Labute approximate surface area is 203 Å². The highest BCUT2D eigenvalue weighted by molar-refractivity contribution is 5.78. The summed E-state index contributed by atoms with van der Waals surface area (Å²) < 4.78 is 0. The third-order valence-corrected chi connectivity index (χ3v) is 6.05. The molecule has 3 aromatic rings. The fourth-order valence-corrected chi connectivity index (χ4v) is 3.99. The zero-order valence-electron chi connectivity index (χ0n) is 20.4. The highest BCUT2D eigenvalue weighted by atomic mass is 16.3. The number of aliphatic hydroxyl groups is 1. The van der Waals surface area contributed by atoms with Crippen molar-refractivity contribution in [3.05, 3.63) is 101 Å². The molecule has 3 rings (SSSR count). The van der Waals surface area contributed by atoms with Gasteiger partial charge in [0.25, 0.3) is 0 Å². The summed E-state index contributed by atoms with van der Waals surface area (Å²) >= 11 is 0. The number of nitrogens with one attached hydrogen (secondary N) is 1. The van der Waals surface area contributed by atoms with Crippen molar-refractivity contribution in [1.29, 1.82) is 0 Å². The van der Waals surface area contributed by atoms with Crippen LogP contribution in [0.5, 0.6) is 5.75 Å². The van der Waals surface area contributed by atoms with Gasteiger partial charge in [-0.15, -0.1) is 0 Å². The first-order valence-corrected chi connectivity index (χ1v) is 11.8. The van der Waals surface area contributed by atoms with Crippen LogP contribution < -0.4 is 5.32 Å². The first-order chi connectivity index (χ1) is 16.2. The molecule has 180 valence electrons. The van der Waals surface area contributed by atoms with E-state index in [4.69, 9.17) is 0 Å². The van der Waals surface area contributed by atoms with Crippen molar-refractivity contribution < 1.29 is 15.0 Å². The summed E-state index contributed by atoms with van der Waals surface area (Å²) in [5.74, 6) is 0.299. The molecule has 0 spiro atoms. The number of carbonyl (C=O) groups excluding carboxylic acids is 1. The van der Waals surface area contributed by atoms with Gasteiger partial charge in [-0.2, -0.15) is 0 Å². The summed E-state index contributed by atoms with van der Waals surface area (Å²) in [6.45, 7) is 5.31. The van der Waals surface area contributed by atoms with E-state index in [1.165, 1.54) is 5.56 Å². The second kappa shape index (κ2) is 11.8. The first kappa shape index (κ1) is 25.5. The molecule has 0 bridgehead atoms.